The van der Waals surface area contributed by atoms with Gasteiger partial charge in [0.25, 0.3) is 0 Å². The molecule has 1 aliphatic rings. The first kappa shape index (κ1) is 17.9. The molecule has 2 rings (SSSR count). The minimum Gasteiger partial charge on any atom is -0.310 e. The van der Waals surface area contributed by atoms with Crippen molar-refractivity contribution in [3.63, 3.8) is 0 Å². The molecule has 0 saturated carbocycles. The van der Waals surface area contributed by atoms with Crippen LogP contribution in [0.25, 0.3) is 0 Å². The molecule has 3 nitrogen and oxygen atoms in total. The van der Waals surface area contributed by atoms with E-state index < -0.39 is 0 Å². The fourth-order valence-electron chi connectivity index (χ4n) is 2.76. The Kier molecular flexibility index (Phi) is 7.16. The highest BCUT2D eigenvalue weighted by molar-refractivity contribution is 9.13. The van der Waals surface area contributed by atoms with Crippen molar-refractivity contribution in [3.05, 3.63) is 19.2 Å². The van der Waals surface area contributed by atoms with Crippen LogP contribution in [0.5, 0.6) is 0 Å². The number of nitrogens with one attached hydrogen (secondary N) is 1. The van der Waals surface area contributed by atoms with Crippen molar-refractivity contribution in [3.8, 4) is 0 Å². The van der Waals surface area contributed by atoms with Gasteiger partial charge in [-0.05, 0) is 50.9 Å². The van der Waals surface area contributed by atoms with Gasteiger partial charge in [-0.2, -0.15) is 0 Å². The predicted octanol–water partition coefficient (Wildman–Crippen LogP) is 3.63. The maximum atomic E-state index is 3.65. The standard InChI is InChI=1S/C15H25Br2N3S/c1-11(2)14(20-6-4-19(3)5-7-20)10-18-9-12-8-13(16)15(17)21-12/h8,11,14,18H,4-7,9-10H2,1-3H3. The summed E-state index contributed by atoms with van der Waals surface area (Å²) >= 11 is 8.91. The molecule has 0 aromatic carbocycles. The second-order valence-electron chi connectivity index (χ2n) is 6.12. The molecule has 1 N–H and O–H groups in total. The van der Waals surface area contributed by atoms with Crippen LogP contribution in [0.4, 0.5) is 0 Å². The molecule has 1 atom stereocenters. The van der Waals surface area contributed by atoms with Crippen LogP contribution in [0, 0.1) is 5.92 Å². The van der Waals surface area contributed by atoms with E-state index in [4.69, 9.17) is 0 Å². The number of rotatable bonds is 6. The zero-order chi connectivity index (χ0) is 15.4. The molecule has 1 unspecified atom stereocenters. The number of hydrogen-bond donors (Lipinski definition) is 1. The lowest BCUT2D eigenvalue weighted by molar-refractivity contribution is 0.0875. The average molecular weight is 439 g/mol. The molecule has 2 heterocycles. The maximum absolute atomic E-state index is 3.65. The summed E-state index contributed by atoms with van der Waals surface area (Å²) in [6, 6.07) is 2.83. The largest absolute Gasteiger partial charge is 0.310 e. The third-order valence-electron chi connectivity index (χ3n) is 4.13. The van der Waals surface area contributed by atoms with E-state index in [0.29, 0.717) is 12.0 Å². The van der Waals surface area contributed by atoms with E-state index in [1.165, 1.54) is 34.8 Å². The van der Waals surface area contributed by atoms with Gasteiger partial charge in [0.05, 0.1) is 3.79 Å². The molecule has 6 heteroatoms. The van der Waals surface area contributed by atoms with Crippen molar-refractivity contribution >= 4 is 43.2 Å². The van der Waals surface area contributed by atoms with Gasteiger partial charge in [-0.25, -0.2) is 0 Å². The predicted molar refractivity (Wildman–Crippen MR) is 99.1 cm³/mol. The van der Waals surface area contributed by atoms with E-state index >= 15 is 0 Å². The molecule has 21 heavy (non-hydrogen) atoms. The summed E-state index contributed by atoms with van der Waals surface area (Å²) in [6.45, 7) is 11.4. The molecule has 1 aromatic heterocycles. The number of halogens is 2. The van der Waals surface area contributed by atoms with Crippen LogP contribution < -0.4 is 5.32 Å². The molecule has 0 aliphatic carbocycles. The fourth-order valence-corrected chi connectivity index (χ4v) is 4.91. The second-order valence-corrected chi connectivity index (χ2v) is 9.42. The first-order valence-corrected chi connectivity index (χ1v) is 9.94. The van der Waals surface area contributed by atoms with E-state index in [0.717, 1.165) is 17.6 Å². The highest BCUT2D eigenvalue weighted by atomic mass is 79.9. The Morgan fingerprint density at radius 2 is 1.90 bits per heavy atom. The third-order valence-corrected chi connectivity index (χ3v) is 7.38. The molecular weight excluding hydrogens is 414 g/mol. The van der Waals surface area contributed by atoms with Crippen molar-refractivity contribution in [1.29, 1.82) is 0 Å². The van der Waals surface area contributed by atoms with Crippen LogP contribution in [0.15, 0.2) is 14.3 Å². The normalized spacial score (nSPS) is 19.3. The highest BCUT2D eigenvalue weighted by Gasteiger charge is 2.24. The fraction of sp³-hybridized carbons (Fsp3) is 0.733. The Hall–Kier alpha value is 0.540. The topological polar surface area (TPSA) is 18.5 Å². The van der Waals surface area contributed by atoms with Crippen molar-refractivity contribution in [2.24, 2.45) is 5.92 Å². The second kappa shape index (κ2) is 8.41. The Morgan fingerprint density at radius 1 is 1.24 bits per heavy atom. The van der Waals surface area contributed by atoms with E-state index in [1.54, 1.807) is 11.3 Å². The summed E-state index contributed by atoms with van der Waals surface area (Å²) < 4.78 is 2.34. The molecule has 1 aliphatic heterocycles. The van der Waals surface area contributed by atoms with Crippen molar-refractivity contribution in [2.45, 2.75) is 26.4 Å². The number of likely N-dealkylation sites (N-methyl/N-ethyl adjacent to an activating group) is 1. The lowest BCUT2D eigenvalue weighted by Crippen LogP contribution is -2.53. The van der Waals surface area contributed by atoms with Crippen LogP contribution in [-0.2, 0) is 6.54 Å². The average Bonchev–Trinajstić information content (AvgIpc) is 2.75. The molecule has 0 spiro atoms. The Morgan fingerprint density at radius 3 is 2.43 bits per heavy atom. The highest BCUT2D eigenvalue weighted by Crippen LogP contribution is 2.32. The smallest absolute Gasteiger partial charge is 0.0843 e. The van der Waals surface area contributed by atoms with Crippen molar-refractivity contribution < 1.29 is 0 Å². The van der Waals surface area contributed by atoms with E-state index in [9.17, 15) is 0 Å². The van der Waals surface area contributed by atoms with E-state index in [1.807, 2.05) is 0 Å². The summed E-state index contributed by atoms with van der Waals surface area (Å²) in [5.41, 5.74) is 0. The molecule has 1 aromatic rings. The van der Waals surface area contributed by atoms with Gasteiger partial charge in [0.15, 0.2) is 0 Å². The number of nitrogens with zero attached hydrogens (tertiary/aromatic N) is 2. The monoisotopic (exact) mass is 437 g/mol. The Balaban J connectivity index is 1.82. The number of piperazine rings is 1. The van der Waals surface area contributed by atoms with Gasteiger partial charge >= 0.3 is 0 Å². The quantitative estimate of drug-likeness (QED) is 0.731. The summed E-state index contributed by atoms with van der Waals surface area (Å²) in [5.74, 6) is 0.683. The summed E-state index contributed by atoms with van der Waals surface area (Å²) in [7, 11) is 2.21. The van der Waals surface area contributed by atoms with Crippen molar-refractivity contribution in [1.82, 2.24) is 15.1 Å². The maximum Gasteiger partial charge on any atom is 0.0843 e. The van der Waals surface area contributed by atoms with Gasteiger partial charge in [-0.15, -0.1) is 11.3 Å². The molecular formula is C15H25Br2N3S. The third kappa shape index (κ3) is 5.29. The SMILES string of the molecule is CC(C)C(CNCc1cc(Br)c(Br)s1)N1CCN(C)CC1. The Labute approximate surface area is 149 Å². The van der Waals surface area contributed by atoms with Crippen LogP contribution in [0.3, 0.4) is 0 Å². The molecule has 0 radical (unpaired) electrons. The van der Waals surface area contributed by atoms with Crippen LogP contribution in [0.2, 0.25) is 0 Å². The molecule has 1 fully saturated rings. The van der Waals surface area contributed by atoms with Crippen LogP contribution >= 0.6 is 43.2 Å². The van der Waals surface area contributed by atoms with Crippen LogP contribution in [-0.4, -0.2) is 55.6 Å². The molecule has 120 valence electrons. The van der Waals surface area contributed by atoms with Gasteiger partial charge in [-0.3, -0.25) is 4.90 Å². The van der Waals surface area contributed by atoms with Gasteiger partial charge < -0.3 is 10.2 Å². The molecule has 0 amide bonds. The minimum atomic E-state index is 0.630. The van der Waals surface area contributed by atoms with Gasteiger partial charge in [0.2, 0.25) is 0 Å². The Bertz CT molecular complexity index is 423. The summed E-state index contributed by atoms with van der Waals surface area (Å²) in [5, 5.41) is 3.65. The van der Waals surface area contributed by atoms with Crippen molar-refractivity contribution in [2.75, 3.05) is 39.8 Å². The van der Waals surface area contributed by atoms with E-state index in [2.05, 4.69) is 73.9 Å². The molecule has 1 saturated heterocycles. The zero-order valence-electron chi connectivity index (χ0n) is 13.0. The molecule has 0 bridgehead atoms. The van der Waals surface area contributed by atoms with Gasteiger partial charge in [-0.1, -0.05) is 13.8 Å². The first-order valence-electron chi connectivity index (χ1n) is 7.54. The minimum absolute atomic E-state index is 0.630. The summed E-state index contributed by atoms with van der Waals surface area (Å²) in [4.78, 5) is 6.44. The van der Waals surface area contributed by atoms with E-state index in [-0.39, 0.29) is 0 Å². The number of hydrogen-bond acceptors (Lipinski definition) is 4. The summed E-state index contributed by atoms with van der Waals surface area (Å²) in [6.07, 6.45) is 0. The first-order chi connectivity index (χ1) is 9.97. The lowest BCUT2D eigenvalue weighted by atomic mass is 10.0. The lowest BCUT2D eigenvalue weighted by Gasteiger charge is -2.40. The zero-order valence-corrected chi connectivity index (χ0v) is 17.0. The van der Waals surface area contributed by atoms with Crippen LogP contribution in [0.1, 0.15) is 18.7 Å². The van der Waals surface area contributed by atoms with Gasteiger partial charge in [0, 0.05) is 54.7 Å². The number of thiophene rings is 1. The van der Waals surface area contributed by atoms with Gasteiger partial charge in [0.1, 0.15) is 0 Å².